The number of nitrogens with zero attached hydrogens (tertiary/aromatic N) is 1. The van der Waals surface area contributed by atoms with Crippen LogP contribution < -0.4 is 5.32 Å². The van der Waals surface area contributed by atoms with Crippen molar-refractivity contribution in [3.05, 3.63) is 34.3 Å². The maximum atomic E-state index is 4.51. The Labute approximate surface area is 105 Å². The van der Waals surface area contributed by atoms with Gasteiger partial charge in [-0.3, -0.25) is 4.99 Å². The molecule has 1 aliphatic heterocycles. The molecule has 0 radical (unpaired) electrons. The zero-order chi connectivity index (χ0) is 11.4. The Hall–Kier alpha value is -0.830. The molecule has 1 aliphatic rings. The first-order valence-electron chi connectivity index (χ1n) is 5.81. The summed E-state index contributed by atoms with van der Waals surface area (Å²) in [5.74, 6) is 1.16. The predicted molar refractivity (Wildman–Crippen MR) is 71.8 cm³/mol. The normalized spacial score (nSPS) is 17.8. The standard InChI is InChI=1S/C13H17BrN2/c1-10(11-6-2-3-7-12(11)14)16-13-8-4-5-9-15-13/h2-3,6-7,10H,4-5,8-9H2,1H3,(H,15,16)/t10-/m1/s1. The van der Waals surface area contributed by atoms with E-state index in [1.54, 1.807) is 0 Å². The molecule has 0 spiro atoms. The molecule has 2 nitrogen and oxygen atoms in total. The monoisotopic (exact) mass is 280 g/mol. The van der Waals surface area contributed by atoms with Crippen LogP contribution in [-0.2, 0) is 0 Å². The Bertz CT molecular complexity index is 387. The van der Waals surface area contributed by atoms with Crippen molar-refractivity contribution in [3.63, 3.8) is 0 Å². The van der Waals surface area contributed by atoms with E-state index in [2.05, 4.69) is 51.4 Å². The lowest BCUT2D eigenvalue weighted by Gasteiger charge is -2.20. The summed E-state index contributed by atoms with van der Waals surface area (Å²) in [5.41, 5.74) is 1.29. The van der Waals surface area contributed by atoms with Gasteiger partial charge in [-0.1, -0.05) is 34.1 Å². The summed E-state index contributed by atoms with van der Waals surface area (Å²) in [4.78, 5) is 4.51. The summed E-state index contributed by atoms with van der Waals surface area (Å²) in [6.45, 7) is 3.15. The molecule has 16 heavy (non-hydrogen) atoms. The molecule has 1 heterocycles. The average molecular weight is 281 g/mol. The fourth-order valence-corrected chi connectivity index (χ4v) is 2.60. The number of benzene rings is 1. The number of hydrogen-bond acceptors (Lipinski definition) is 2. The number of aliphatic imine (C=N–C) groups is 1. The Morgan fingerprint density at radius 1 is 1.31 bits per heavy atom. The van der Waals surface area contributed by atoms with Gasteiger partial charge < -0.3 is 5.32 Å². The van der Waals surface area contributed by atoms with Crippen LogP contribution in [0.5, 0.6) is 0 Å². The molecule has 0 aromatic heterocycles. The first-order valence-corrected chi connectivity index (χ1v) is 6.61. The summed E-state index contributed by atoms with van der Waals surface area (Å²) in [7, 11) is 0. The van der Waals surface area contributed by atoms with E-state index >= 15 is 0 Å². The minimum Gasteiger partial charge on any atom is -0.367 e. The summed E-state index contributed by atoms with van der Waals surface area (Å²) >= 11 is 3.58. The molecule has 3 heteroatoms. The molecule has 1 aromatic rings. The number of nitrogens with one attached hydrogen (secondary N) is 1. The summed E-state index contributed by atoms with van der Waals surface area (Å²) in [6, 6.07) is 8.65. The second kappa shape index (κ2) is 5.48. The highest BCUT2D eigenvalue weighted by molar-refractivity contribution is 9.10. The highest BCUT2D eigenvalue weighted by Crippen LogP contribution is 2.23. The van der Waals surface area contributed by atoms with Gasteiger partial charge in [0.05, 0.1) is 11.9 Å². The van der Waals surface area contributed by atoms with E-state index in [9.17, 15) is 0 Å². The molecule has 0 bridgehead atoms. The van der Waals surface area contributed by atoms with E-state index < -0.39 is 0 Å². The lowest BCUT2D eigenvalue weighted by Crippen LogP contribution is -2.28. The van der Waals surface area contributed by atoms with Gasteiger partial charge in [0.2, 0.25) is 0 Å². The maximum absolute atomic E-state index is 4.51. The third kappa shape index (κ3) is 2.85. The SMILES string of the molecule is C[C@@H](NC1=NCCCC1)c1ccccc1Br. The fraction of sp³-hybridized carbons (Fsp3) is 0.462. The minimum absolute atomic E-state index is 0.312. The van der Waals surface area contributed by atoms with Crippen molar-refractivity contribution in [1.82, 2.24) is 5.32 Å². The quantitative estimate of drug-likeness (QED) is 0.878. The maximum Gasteiger partial charge on any atom is 0.0967 e. The highest BCUT2D eigenvalue weighted by atomic mass is 79.9. The van der Waals surface area contributed by atoms with Crippen molar-refractivity contribution in [2.45, 2.75) is 32.2 Å². The molecule has 1 atom stereocenters. The molecule has 0 saturated carbocycles. The van der Waals surface area contributed by atoms with Crippen molar-refractivity contribution in [1.29, 1.82) is 0 Å². The van der Waals surface area contributed by atoms with Crippen LogP contribution in [0.1, 0.15) is 37.8 Å². The first kappa shape index (κ1) is 11.6. The molecule has 1 aromatic carbocycles. The number of amidine groups is 1. The third-order valence-electron chi connectivity index (χ3n) is 2.88. The molecule has 0 saturated heterocycles. The average Bonchev–Trinajstić information content (AvgIpc) is 2.31. The van der Waals surface area contributed by atoms with E-state index in [0.29, 0.717) is 6.04 Å². The molecule has 0 aliphatic carbocycles. The summed E-state index contributed by atoms with van der Waals surface area (Å²) in [6.07, 6.45) is 3.58. The second-order valence-electron chi connectivity index (χ2n) is 4.17. The molecule has 0 amide bonds. The zero-order valence-electron chi connectivity index (χ0n) is 9.54. The van der Waals surface area contributed by atoms with Crippen LogP contribution in [0.15, 0.2) is 33.7 Å². The number of hydrogen-bond donors (Lipinski definition) is 1. The molecule has 1 N–H and O–H groups in total. The van der Waals surface area contributed by atoms with Gasteiger partial charge in [0.1, 0.15) is 0 Å². The molecular formula is C13H17BrN2. The summed E-state index contributed by atoms with van der Waals surface area (Å²) in [5, 5.41) is 3.50. The topological polar surface area (TPSA) is 24.4 Å². The van der Waals surface area contributed by atoms with Crippen LogP contribution in [-0.4, -0.2) is 12.4 Å². The second-order valence-corrected chi connectivity index (χ2v) is 5.03. The van der Waals surface area contributed by atoms with E-state index in [-0.39, 0.29) is 0 Å². The Balaban J connectivity index is 2.05. The predicted octanol–water partition coefficient (Wildman–Crippen LogP) is 3.68. The van der Waals surface area contributed by atoms with Gasteiger partial charge in [-0.15, -0.1) is 0 Å². The van der Waals surface area contributed by atoms with Crippen LogP contribution in [0.4, 0.5) is 0 Å². The largest absolute Gasteiger partial charge is 0.367 e. The fourth-order valence-electron chi connectivity index (χ4n) is 1.97. The Morgan fingerprint density at radius 2 is 2.12 bits per heavy atom. The Kier molecular flexibility index (Phi) is 3.99. The van der Waals surface area contributed by atoms with Crippen LogP contribution in [0.3, 0.4) is 0 Å². The molecule has 86 valence electrons. The van der Waals surface area contributed by atoms with Crippen molar-refractivity contribution in [2.24, 2.45) is 4.99 Å². The minimum atomic E-state index is 0.312. The van der Waals surface area contributed by atoms with Crippen molar-refractivity contribution in [3.8, 4) is 0 Å². The molecule has 0 fully saturated rings. The first-order chi connectivity index (χ1) is 7.77. The highest BCUT2D eigenvalue weighted by Gasteiger charge is 2.12. The van der Waals surface area contributed by atoms with Gasteiger partial charge in [0.25, 0.3) is 0 Å². The van der Waals surface area contributed by atoms with Gasteiger partial charge in [-0.25, -0.2) is 0 Å². The lowest BCUT2D eigenvalue weighted by atomic mass is 10.1. The number of halogens is 1. The van der Waals surface area contributed by atoms with Crippen LogP contribution in [0, 0.1) is 0 Å². The molecular weight excluding hydrogens is 264 g/mol. The molecule has 0 unspecified atom stereocenters. The van der Waals surface area contributed by atoms with E-state index in [1.807, 2.05) is 6.07 Å². The van der Waals surface area contributed by atoms with Crippen LogP contribution in [0.25, 0.3) is 0 Å². The van der Waals surface area contributed by atoms with Gasteiger partial charge in [0.15, 0.2) is 0 Å². The van der Waals surface area contributed by atoms with Gasteiger partial charge in [-0.2, -0.15) is 0 Å². The van der Waals surface area contributed by atoms with Crippen LogP contribution >= 0.6 is 15.9 Å². The van der Waals surface area contributed by atoms with Gasteiger partial charge in [0, 0.05) is 17.4 Å². The van der Waals surface area contributed by atoms with E-state index in [1.165, 1.54) is 18.4 Å². The lowest BCUT2D eigenvalue weighted by molar-refractivity contribution is 0.655. The molecule has 2 rings (SSSR count). The van der Waals surface area contributed by atoms with E-state index in [0.717, 1.165) is 23.3 Å². The third-order valence-corrected chi connectivity index (χ3v) is 3.60. The van der Waals surface area contributed by atoms with Crippen LogP contribution in [0.2, 0.25) is 0 Å². The van der Waals surface area contributed by atoms with Gasteiger partial charge >= 0.3 is 0 Å². The van der Waals surface area contributed by atoms with Crippen molar-refractivity contribution < 1.29 is 0 Å². The van der Waals surface area contributed by atoms with Gasteiger partial charge in [-0.05, 0) is 31.4 Å². The summed E-state index contributed by atoms with van der Waals surface area (Å²) < 4.78 is 1.16. The van der Waals surface area contributed by atoms with Crippen molar-refractivity contribution >= 4 is 21.8 Å². The number of rotatable bonds is 2. The van der Waals surface area contributed by atoms with E-state index in [4.69, 9.17) is 0 Å². The zero-order valence-corrected chi connectivity index (χ0v) is 11.1. The smallest absolute Gasteiger partial charge is 0.0967 e. The Morgan fingerprint density at radius 3 is 2.81 bits per heavy atom. The van der Waals surface area contributed by atoms with Crippen molar-refractivity contribution in [2.75, 3.05) is 6.54 Å².